The number of aliphatic hydroxyl groups is 1. The van der Waals surface area contributed by atoms with Crippen LogP contribution >= 0.6 is 0 Å². The largest absolute Gasteiger partial charge is 0.393 e. The lowest BCUT2D eigenvalue weighted by molar-refractivity contribution is 0.0775. The Hall–Kier alpha value is -1.83. The van der Waals surface area contributed by atoms with E-state index in [9.17, 15) is 5.11 Å². The predicted molar refractivity (Wildman–Crippen MR) is 103 cm³/mol. The minimum Gasteiger partial charge on any atom is -0.393 e. The Kier molecular flexibility index (Phi) is 5.80. The molecular weight excluding hydrogens is 340 g/mol. The summed E-state index contributed by atoms with van der Waals surface area (Å²) in [7, 11) is 2.10. The van der Waals surface area contributed by atoms with E-state index in [4.69, 9.17) is 0 Å². The van der Waals surface area contributed by atoms with Crippen LogP contribution < -0.4 is 0 Å². The van der Waals surface area contributed by atoms with Crippen molar-refractivity contribution in [3.05, 3.63) is 41.7 Å². The van der Waals surface area contributed by atoms with Gasteiger partial charge in [-0.2, -0.15) is 0 Å². The van der Waals surface area contributed by atoms with Gasteiger partial charge in [0.15, 0.2) is 0 Å². The lowest BCUT2D eigenvalue weighted by Crippen LogP contribution is -2.36. The number of hydrogen-bond donors (Lipinski definition) is 1. The molecule has 7 nitrogen and oxygen atoms in total. The zero-order valence-electron chi connectivity index (χ0n) is 16.2. The maximum absolute atomic E-state index is 9.68. The predicted octanol–water partition coefficient (Wildman–Crippen LogP) is 1.55. The zero-order chi connectivity index (χ0) is 18.6. The van der Waals surface area contributed by atoms with Crippen molar-refractivity contribution in [2.75, 3.05) is 26.2 Å². The molecule has 2 aliphatic heterocycles. The molecule has 2 aromatic rings. The molecule has 0 saturated carbocycles. The minimum absolute atomic E-state index is 0.134. The molecule has 1 atom stereocenters. The number of hydrogen-bond acceptors (Lipinski definition) is 6. The summed E-state index contributed by atoms with van der Waals surface area (Å²) in [4.78, 5) is 9.00. The van der Waals surface area contributed by atoms with E-state index in [0.29, 0.717) is 5.92 Å². The van der Waals surface area contributed by atoms with Crippen molar-refractivity contribution in [1.29, 1.82) is 0 Å². The molecular formula is C20H30N6O. The Morgan fingerprint density at radius 3 is 2.56 bits per heavy atom. The molecule has 0 aliphatic carbocycles. The van der Waals surface area contributed by atoms with Gasteiger partial charge in [0, 0.05) is 51.5 Å². The van der Waals surface area contributed by atoms with E-state index < -0.39 is 0 Å². The molecule has 27 heavy (non-hydrogen) atoms. The maximum atomic E-state index is 9.68. The van der Waals surface area contributed by atoms with Gasteiger partial charge >= 0.3 is 0 Å². The second kappa shape index (κ2) is 8.46. The van der Waals surface area contributed by atoms with Gasteiger partial charge in [0.2, 0.25) is 0 Å². The SMILES string of the molecule is Cn1c(CN2CCC(O)CC2)nnc1[C@H]1CCCN(Cc2ccncc2)C1. The van der Waals surface area contributed by atoms with Crippen molar-refractivity contribution >= 4 is 0 Å². The molecule has 0 spiro atoms. The van der Waals surface area contributed by atoms with Crippen molar-refractivity contribution in [3.63, 3.8) is 0 Å². The van der Waals surface area contributed by atoms with Crippen LogP contribution in [-0.4, -0.2) is 66.9 Å². The fraction of sp³-hybridized carbons (Fsp3) is 0.650. The van der Waals surface area contributed by atoms with Crippen LogP contribution in [-0.2, 0) is 20.1 Å². The number of aliphatic hydroxyl groups excluding tert-OH is 1. The maximum Gasteiger partial charge on any atom is 0.146 e. The van der Waals surface area contributed by atoms with E-state index in [1.54, 1.807) is 0 Å². The first-order valence-electron chi connectivity index (χ1n) is 10.1. The highest BCUT2D eigenvalue weighted by molar-refractivity contribution is 5.10. The van der Waals surface area contributed by atoms with Gasteiger partial charge in [-0.05, 0) is 49.9 Å². The molecule has 4 heterocycles. The first-order valence-corrected chi connectivity index (χ1v) is 10.1. The Balaban J connectivity index is 1.38. The third-order valence-electron chi connectivity index (χ3n) is 5.95. The number of piperidine rings is 2. The van der Waals surface area contributed by atoms with Gasteiger partial charge < -0.3 is 9.67 Å². The van der Waals surface area contributed by atoms with Gasteiger partial charge in [-0.1, -0.05) is 0 Å². The molecule has 2 aromatic heterocycles. The number of aromatic nitrogens is 4. The van der Waals surface area contributed by atoms with Crippen molar-refractivity contribution in [2.24, 2.45) is 7.05 Å². The Bertz CT molecular complexity index is 725. The molecule has 0 aromatic carbocycles. The van der Waals surface area contributed by atoms with Crippen LogP contribution in [0.3, 0.4) is 0 Å². The van der Waals surface area contributed by atoms with Crippen LogP contribution in [0.15, 0.2) is 24.5 Å². The number of rotatable bonds is 5. The van der Waals surface area contributed by atoms with Crippen LogP contribution in [0.1, 0.15) is 48.8 Å². The van der Waals surface area contributed by atoms with E-state index in [1.165, 1.54) is 18.4 Å². The smallest absolute Gasteiger partial charge is 0.146 e. The number of likely N-dealkylation sites (tertiary alicyclic amines) is 2. The lowest BCUT2D eigenvalue weighted by Gasteiger charge is -2.32. The third-order valence-corrected chi connectivity index (χ3v) is 5.95. The highest BCUT2D eigenvalue weighted by atomic mass is 16.3. The Labute approximate surface area is 161 Å². The molecule has 0 bridgehead atoms. The van der Waals surface area contributed by atoms with Gasteiger partial charge in [0.25, 0.3) is 0 Å². The van der Waals surface area contributed by atoms with E-state index >= 15 is 0 Å². The van der Waals surface area contributed by atoms with E-state index in [1.807, 2.05) is 12.4 Å². The lowest BCUT2D eigenvalue weighted by atomic mass is 9.96. The van der Waals surface area contributed by atoms with Crippen molar-refractivity contribution < 1.29 is 5.11 Å². The van der Waals surface area contributed by atoms with Gasteiger partial charge in [-0.15, -0.1) is 10.2 Å². The first-order chi connectivity index (χ1) is 13.2. The summed E-state index contributed by atoms with van der Waals surface area (Å²) in [5.41, 5.74) is 1.32. The molecule has 7 heteroatoms. The molecule has 4 rings (SSSR count). The fourth-order valence-corrected chi connectivity index (χ4v) is 4.30. The molecule has 1 N–H and O–H groups in total. The molecule has 0 amide bonds. The zero-order valence-corrected chi connectivity index (χ0v) is 16.2. The highest BCUT2D eigenvalue weighted by Gasteiger charge is 2.27. The van der Waals surface area contributed by atoms with Gasteiger partial charge in [0.05, 0.1) is 12.6 Å². The third kappa shape index (κ3) is 4.54. The summed E-state index contributed by atoms with van der Waals surface area (Å²) in [5.74, 6) is 2.59. The molecule has 146 valence electrons. The van der Waals surface area contributed by atoms with Crippen LogP contribution in [0, 0.1) is 0 Å². The van der Waals surface area contributed by atoms with Crippen LogP contribution in [0.4, 0.5) is 0 Å². The minimum atomic E-state index is -0.134. The standard InChI is InChI=1S/C20H30N6O/c1-24-19(15-25-11-6-18(27)7-12-25)22-23-20(24)17-3-2-10-26(14-17)13-16-4-8-21-9-5-16/h4-5,8-9,17-18,27H,2-3,6-7,10-15H2,1H3/t17-/m0/s1. The summed E-state index contributed by atoms with van der Waals surface area (Å²) in [6, 6.07) is 4.19. The van der Waals surface area contributed by atoms with Gasteiger partial charge in [-0.3, -0.25) is 14.8 Å². The van der Waals surface area contributed by atoms with Crippen molar-refractivity contribution in [2.45, 2.75) is 50.8 Å². The van der Waals surface area contributed by atoms with Crippen molar-refractivity contribution in [1.82, 2.24) is 29.5 Å². The van der Waals surface area contributed by atoms with Crippen molar-refractivity contribution in [3.8, 4) is 0 Å². The van der Waals surface area contributed by atoms with E-state index in [-0.39, 0.29) is 6.10 Å². The molecule has 0 unspecified atom stereocenters. The summed E-state index contributed by atoms with van der Waals surface area (Å²) < 4.78 is 2.20. The molecule has 2 saturated heterocycles. The quantitative estimate of drug-likeness (QED) is 0.861. The average molecular weight is 371 g/mol. The molecule has 2 fully saturated rings. The normalized spacial score (nSPS) is 23.0. The first kappa shape index (κ1) is 18.5. The van der Waals surface area contributed by atoms with Gasteiger partial charge in [0.1, 0.15) is 11.6 Å². The molecule has 2 aliphatic rings. The van der Waals surface area contributed by atoms with Crippen LogP contribution in [0.25, 0.3) is 0 Å². The monoisotopic (exact) mass is 370 g/mol. The second-order valence-electron chi connectivity index (χ2n) is 7.97. The Morgan fingerprint density at radius 2 is 1.78 bits per heavy atom. The molecule has 0 radical (unpaired) electrons. The summed E-state index contributed by atoms with van der Waals surface area (Å²) in [6.07, 6.45) is 7.69. The highest BCUT2D eigenvalue weighted by Crippen LogP contribution is 2.27. The summed E-state index contributed by atoms with van der Waals surface area (Å²) >= 11 is 0. The summed E-state index contributed by atoms with van der Waals surface area (Å²) in [5, 5.41) is 18.7. The fourth-order valence-electron chi connectivity index (χ4n) is 4.30. The number of nitrogens with zero attached hydrogens (tertiary/aromatic N) is 6. The second-order valence-corrected chi connectivity index (χ2v) is 7.97. The van der Waals surface area contributed by atoms with Crippen LogP contribution in [0.2, 0.25) is 0 Å². The summed E-state index contributed by atoms with van der Waals surface area (Å²) in [6.45, 7) is 5.84. The average Bonchev–Trinajstić information content (AvgIpc) is 3.05. The van der Waals surface area contributed by atoms with Crippen LogP contribution in [0.5, 0.6) is 0 Å². The number of pyridine rings is 1. The van der Waals surface area contributed by atoms with E-state index in [2.05, 4.69) is 48.7 Å². The topological polar surface area (TPSA) is 70.3 Å². The van der Waals surface area contributed by atoms with E-state index in [0.717, 1.165) is 63.8 Å². The van der Waals surface area contributed by atoms with Gasteiger partial charge in [-0.25, -0.2) is 0 Å². The Morgan fingerprint density at radius 1 is 1.00 bits per heavy atom.